The highest BCUT2D eigenvalue weighted by molar-refractivity contribution is 6.34. The summed E-state index contributed by atoms with van der Waals surface area (Å²) >= 11 is 6.40. The fourth-order valence-electron chi connectivity index (χ4n) is 4.39. The van der Waals surface area contributed by atoms with Gasteiger partial charge in [-0.05, 0) is 35.1 Å². The van der Waals surface area contributed by atoms with Crippen molar-refractivity contribution in [3.63, 3.8) is 0 Å². The zero-order valence-corrected chi connectivity index (χ0v) is 19.0. The fraction of sp³-hybridized carbons (Fsp3) is 0.280. The van der Waals surface area contributed by atoms with Gasteiger partial charge in [-0.3, -0.25) is 9.59 Å². The largest absolute Gasteiger partial charge is 0.483 e. The van der Waals surface area contributed by atoms with Crippen LogP contribution in [0.2, 0.25) is 5.02 Å². The van der Waals surface area contributed by atoms with Gasteiger partial charge in [0.05, 0.1) is 29.2 Å². The Morgan fingerprint density at radius 2 is 1.88 bits per heavy atom. The minimum absolute atomic E-state index is 0.0130. The molecule has 1 aliphatic rings. The van der Waals surface area contributed by atoms with E-state index in [-0.39, 0.29) is 29.6 Å². The van der Waals surface area contributed by atoms with E-state index in [0.29, 0.717) is 39.6 Å². The Kier molecular flexibility index (Phi) is 6.45. The lowest BCUT2D eigenvalue weighted by Gasteiger charge is -2.18. The SMILES string of the molecule is CCCc1c2c(c(OCC(F)(F)F)c3ccccc13)CN(c1ccc(CC(=O)O)cc1Cl)C2=O. The molecule has 3 aromatic carbocycles. The Bertz CT molecular complexity index is 1290. The molecule has 5 nitrogen and oxygen atoms in total. The zero-order chi connectivity index (χ0) is 24.6. The monoisotopic (exact) mass is 491 g/mol. The van der Waals surface area contributed by atoms with Crippen molar-refractivity contribution in [1.82, 2.24) is 0 Å². The number of ether oxygens (including phenoxy) is 1. The Balaban J connectivity index is 1.86. The second-order valence-corrected chi connectivity index (χ2v) is 8.52. The van der Waals surface area contributed by atoms with E-state index in [1.165, 1.54) is 11.0 Å². The van der Waals surface area contributed by atoms with Gasteiger partial charge in [0.1, 0.15) is 5.75 Å². The maximum atomic E-state index is 13.6. The van der Waals surface area contributed by atoms with Crippen LogP contribution in [0.15, 0.2) is 42.5 Å². The average Bonchev–Trinajstić information content (AvgIpc) is 3.09. The first-order chi connectivity index (χ1) is 16.1. The Morgan fingerprint density at radius 1 is 1.18 bits per heavy atom. The van der Waals surface area contributed by atoms with E-state index >= 15 is 0 Å². The summed E-state index contributed by atoms with van der Waals surface area (Å²) in [5.74, 6) is -1.36. The lowest BCUT2D eigenvalue weighted by atomic mass is 9.91. The van der Waals surface area contributed by atoms with Crippen LogP contribution >= 0.6 is 11.6 Å². The van der Waals surface area contributed by atoms with Crippen LogP contribution in [0.25, 0.3) is 10.8 Å². The topological polar surface area (TPSA) is 66.8 Å². The number of hydrogen-bond acceptors (Lipinski definition) is 3. The van der Waals surface area contributed by atoms with Crippen molar-refractivity contribution in [1.29, 1.82) is 0 Å². The summed E-state index contributed by atoms with van der Waals surface area (Å²) in [6.45, 7) is 0.473. The smallest absolute Gasteiger partial charge is 0.422 e. The summed E-state index contributed by atoms with van der Waals surface area (Å²) in [6.07, 6.45) is -3.47. The number of hydrogen-bond donors (Lipinski definition) is 1. The van der Waals surface area contributed by atoms with Gasteiger partial charge in [0, 0.05) is 10.9 Å². The lowest BCUT2D eigenvalue weighted by molar-refractivity contribution is -0.153. The number of nitrogens with zero attached hydrogens (tertiary/aromatic N) is 1. The number of halogens is 4. The molecule has 0 radical (unpaired) electrons. The minimum atomic E-state index is -4.54. The van der Waals surface area contributed by atoms with Crippen LogP contribution in [0.1, 0.15) is 40.4 Å². The number of benzene rings is 3. The first-order valence-electron chi connectivity index (χ1n) is 10.7. The van der Waals surface area contributed by atoms with Crippen molar-refractivity contribution in [2.45, 2.75) is 38.9 Å². The molecule has 0 aliphatic carbocycles. The molecule has 0 bridgehead atoms. The van der Waals surface area contributed by atoms with Crippen LogP contribution in [-0.2, 0) is 24.2 Å². The first-order valence-corrected chi connectivity index (χ1v) is 11.1. The van der Waals surface area contributed by atoms with Gasteiger partial charge >= 0.3 is 12.1 Å². The number of fused-ring (bicyclic) bond motifs is 2. The van der Waals surface area contributed by atoms with Crippen LogP contribution in [0.4, 0.5) is 18.9 Å². The number of anilines is 1. The summed E-state index contributed by atoms with van der Waals surface area (Å²) in [6, 6.07) is 11.6. The second kappa shape index (κ2) is 9.18. The molecule has 1 heterocycles. The number of carboxylic acid groups (broad SMARTS) is 1. The van der Waals surface area contributed by atoms with Crippen molar-refractivity contribution < 1.29 is 32.6 Å². The molecule has 0 atom stereocenters. The molecule has 178 valence electrons. The number of alkyl halides is 3. The fourth-order valence-corrected chi connectivity index (χ4v) is 4.69. The Hall–Kier alpha value is -3.26. The highest BCUT2D eigenvalue weighted by atomic mass is 35.5. The van der Waals surface area contributed by atoms with Crippen LogP contribution in [0, 0.1) is 0 Å². The number of aliphatic carboxylic acids is 1. The predicted octanol–water partition coefficient (Wildman–Crippen LogP) is 6.17. The van der Waals surface area contributed by atoms with E-state index in [0.717, 1.165) is 12.0 Å². The number of carboxylic acids is 1. The molecule has 34 heavy (non-hydrogen) atoms. The van der Waals surface area contributed by atoms with Gasteiger partial charge in [0.15, 0.2) is 6.61 Å². The molecule has 9 heteroatoms. The van der Waals surface area contributed by atoms with Gasteiger partial charge < -0.3 is 14.7 Å². The van der Waals surface area contributed by atoms with Crippen molar-refractivity contribution in [2.75, 3.05) is 11.5 Å². The number of amides is 1. The van der Waals surface area contributed by atoms with Crippen molar-refractivity contribution in [2.24, 2.45) is 0 Å². The van der Waals surface area contributed by atoms with Crippen LogP contribution in [0.5, 0.6) is 5.75 Å². The van der Waals surface area contributed by atoms with E-state index in [1.807, 2.05) is 6.92 Å². The number of rotatable bonds is 7. The maximum Gasteiger partial charge on any atom is 0.422 e. The van der Waals surface area contributed by atoms with Gasteiger partial charge in [-0.25, -0.2) is 0 Å². The van der Waals surface area contributed by atoms with Crippen molar-refractivity contribution in [3.05, 3.63) is 69.7 Å². The standard InChI is InChI=1S/C25H21ClF3NO4/c1-2-5-16-15-6-3-4-7-17(15)23(34-13-25(27,28)29)18-12-30(24(33)22(16)18)20-9-8-14(10-19(20)26)11-21(31)32/h3-4,6-10H,2,5,11-13H2,1H3,(H,31,32). The molecule has 0 fully saturated rings. The van der Waals surface area contributed by atoms with Crippen molar-refractivity contribution >= 4 is 39.9 Å². The molecular formula is C25H21ClF3NO4. The molecule has 3 aromatic rings. The molecule has 0 aromatic heterocycles. The summed E-state index contributed by atoms with van der Waals surface area (Å²) in [7, 11) is 0. The normalized spacial score (nSPS) is 13.4. The average molecular weight is 492 g/mol. The highest BCUT2D eigenvalue weighted by Crippen LogP contribution is 2.44. The number of carbonyl (C=O) groups is 2. The van der Waals surface area contributed by atoms with E-state index < -0.39 is 18.8 Å². The van der Waals surface area contributed by atoms with E-state index in [1.54, 1.807) is 36.4 Å². The van der Waals surface area contributed by atoms with Gasteiger partial charge in [-0.15, -0.1) is 0 Å². The van der Waals surface area contributed by atoms with E-state index in [9.17, 15) is 22.8 Å². The minimum Gasteiger partial charge on any atom is -0.483 e. The summed E-state index contributed by atoms with van der Waals surface area (Å²) in [5.41, 5.74) is 2.31. The molecule has 1 aliphatic heterocycles. The summed E-state index contributed by atoms with van der Waals surface area (Å²) in [4.78, 5) is 26.0. The molecule has 1 amide bonds. The van der Waals surface area contributed by atoms with Crippen molar-refractivity contribution in [3.8, 4) is 5.75 Å². The van der Waals surface area contributed by atoms with E-state index in [4.69, 9.17) is 21.4 Å². The predicted molar refractivity (Wildman–Crippen MR) is 123 cm³/mol. The molecule has 0 spiro atoms. The third-order valence-electron chi connectivity index (χ3n) is 5.69. The molecule has 0 saturated carbocycles. The molecule has 4 rings (SSSR count). The van der Waals surface area contributed by atoms with Gasteiger partial charge in [-0.1, -0.05) is 55.3 Å². The zero-order valence-electron chi connectivity index (χ0n) is 18.2. The van der Waals surface area contributed by atoms with Gasteiger partial charge in [0.25, 0.3) is 5.91 Å². The van der Waals surface area contributed by atoms with Crippen LogP contribution < -0.4 is 9.64 Å². The van der Waals surface area contributed by atoms with E-state index in [2.05, 4.69) is 0 Å². The molecule has 0 unspecified atom stereocenters. The highest BCUT2D eigenvalue weighted by Gasteiger charge is 2.37. The third kappa shape index (κ3) is 4.55. The van der Waals surface area contributed by atoms with Gasteiger partial charge in [-0.2, -0.15) is 13.2 Å². The summed E-state index contributed by atoms with van der Waals surface area (Å²) in [5, 5.41) is 10.4. The Morgan fingerprint density at radius 3 is 2.50 bits per heavy atom. The second-order valence-electron chi connectivity index (χ2n) is 8.11. The van der Waals surface area contributed by atoms with Crippen LogP contribution in [-0.4, -0.2) is 29.8 Å². The lowest BCUT2D eigenvalue weighted by Crippen LogP contribution is -2.24. The maximum absolute atomic E-state index is 13.6. The molecule has 1 N–H and O–H groups in total. The number of aryl methyl sites for hydroxylation is 1. The quantitative estimate of drug-likeness (QED) is 0.429. The van der Waals surface area contributed by atoms with Crippen LogP contribution in [0.3, 0.4) is 0 Å². The third-order valence-corrected chi connectivity index (χ3v) is 5.99. The molecular weight excluding hydrogens is 471 g/mol. The number of carbonyl (C=O) groups excluding carboxylic acids is 1. The molecule has 0 saturated heterocycles. The first kappa shape index (κ1) is 23.9. The Labute approximate surface area is 198 Å². The van der Waals surface area contributed by atoms with Gasteiger partial charge in [0.2, 0.25) is 0 Å². The summed E-state index contributed by atoms with van der Waals surface area (Å²) < 4.78 is 44.4.